The number of nitrogens with zero attached hydrogens (tertiary/aromatic N) is 2. The number of rotatable bonds is 5. The average Bonchev–Trinajstić information content (AvgIpc) is 2.63. The summed E-state index contributed by atoms with van der Waals surface area (Å²) in [7, 11) is 1.63. The molecular formula is C21H27N3O2. The summed E-state index contributed by atoms with van der Waals surface area (Å²) in [5.74, 6) is 0.801. The van der Waals surface area contributed by atoms with E-state index < -0.39 is 0 Å². The largest absolute Gasteiger partial charge is 0.497 e. The fourth-order valence-corrected chi connectivity index (χ4v) is 3.37. The third-order valence-electron chi connectivity index (χ3n) is 4.82. The molecule has 1 heterocycles. The van der Waals surface area contributed by atoms with E-state index in [-0.39, 0.29) is 5.91 Å². The Labute approximate surface area is 155 Å². The molecule has 0 bridgehead atoms. The first-order valence-corrected chi connectivity index (χ1v) is 9.05. The van der Waals surface area contributed by atoms with Crippen LogP contribution in [0, 0.1) is 6.92 Å². The number of amides is 1. The minimum absolute atomic E-state index is 0.0196. The van der Waals surface area contributed by atoms with Crippen molar-refractivity contribution in [2.24, 2.45) is 0 Å². The second-order valence-electron chi connectivity index (χ2n) is 6.89. The summed E-state index contributed by atoms with van der Waals surface area (Å²) in [5, 5.41) is 2.95. The molecule has 2 aromatic rings. The molecule has 26 heavy (non-hydrogen) atoms. The Balaban J connectivity index is 1.52. The number of piperazine rings is 1. The van der Waals surface area contributed by atoms with Gasteiger partial charge in [-0.3, -0.25) is 9.69 Å². The van der Waals surface area contributed by atoms with Gasteiger partial charge in [0.15, 0.2) is 0 Å². The van der Waals surface area contributed by atoms with Crippen LogP contribution in [-0.4, -0.2) is 50.1 Å². The van der Waals surface area contributed by atoms with Gasteiger partial charge in [0, 0.05) is 37.1 Å². The fraction of sp³-hybridized carbons (Fsp3) is 0.381. The number of ether oxygens (including phenoxy) is 1. The SMILES string of the molecule is COc1ccc(NC(=O)CN2CCN(c3ccc(C)cc3)[C@H](C)C2)cc1. The van der Waals surface area contributed by atoms with E-state index in [9.17, 15) is 4.79 Å². The van der Waals surface area contributed by atoms with Crippen molar-refractivity contribution in [1.29, 1.82) is 0 Å². The molecule has 0 radical (unpaired) electrons. The molecule has 1 atom stereocenters. The zero-order chi connectivity index (χ0) is 18.5. The van der Waals surface area contributed by atoms with E-state index in [1.807, 2.05) is 24.3 Å². The summed E-state index contributed by atoms with van der Waals surface area (Å²) < 4.78 is 5.13. The molecule has 5 nitrogen and oxygen atoms in total. The molecule has 1 amide bonds. The molecular weight excluding hydrogens is 326 g/mol. The van der Waals surface area contributed by atoms with Gasteiger partial charge < -0.3 is 15.0 Å². The molecule has 0 aliphatic carbocycles. The van der Waals surface area contributed by atoms with Crippen LogP contribution in [0.15, 0.2) is 48.5 Å². The minimum atomic E-state index is 0.0196. The smallest absolute Gasteiger partial charge is 0.238 e. The number of aryl methyl sites for hydroxylation is 1. The molecule has 2 aromatic carbocycles. The van der Waals surface area contributed by atoms with E-state index in [0.717, 1.165) is 31.1 Å². The Morgan fingerprint density at radius 3 is 2.42 bits per heavy atom. The lowest BCUT2D eigenvalue weighted by molar-refractivity contribution is -0.117. The number of hydrogen-bond donors (Lipinski definition) is 1. The van der Waals surface area contributed by atoms with Crippen molar-refractivity contribution in [2.75, 3.05) is 43.5 Å². The topological polar surface area (TPSA) is 44.8 Å². The maximum absolute atomic E-state index is 12.3. The van der Waals surface area contributed by atoms with E-state index in [2.05, 4.69) is 53.2 Å². The lowest BCUT2D eigenvalue weighted by Crippen LogP contribution is -2.53. The zero-order valence-electron chi connectivity index (χ0n) is 15.7. The van der Waals surface area contributed by atoms with Gasteiger partial charge in [-0.1, -0.05) is 17.7 Å². The van der Waals surface area contributed by atoms with Crippen LogP contribution >= 0.6 is 0 Å². The average molecular weight is 353 g/mol. The number of carbonyl (C=O) groups excluding carboxylic acids is 1. The highest BCUT2D eigenvalue weighted by Crippen LogP contribution is 2.21. The number of benzene rings is 2. The third-order valence-corrected chi connectivity index (χ3v) is 4.82. The zero-order valence-corrected chi connectivity index (χ0v) is 15.7. The number of hydrogen-bond acceptors (Lipinski definition) is 4. The Hall–Kier alpha value is -2.53. The Kier molecular flexibility index (Phi) is 5.78. The van der Waals surface area contributed by atoms with Crippen molar-refractivity contribution in [3.05, 3.63) is 54.1 Å². The molecule has 1 aliphatic rings. The van der Waals surface area contributed by atoms with Crippen molar-refractivity contribution in [3.63, 3.8) is 0 Å². The van der Waals surface area contributed by atoms with Crippen molar-refractivity contribution < 1.29 is 9.53 Å². The summed E-state index contributed by atoms with van der Waals surface area (Å²) in [4.78, 5) is 17.0. The van der Waals surface area contributed by atoms with Gasteiger partial charge in [0.05, 0.1) is 13.7 Å². The Morgan fingerprint density at radius 2 is 1.81 bits per heavy atom. The molecule has 1 aliphatic heterocycles. The summed E-state index contributed by atoms with van der Waals surface area (Å²) in [6, 6.07) is 16.4. The van der Waals surface area contributed by atoms with Gasteiger partial charge in [-0.15, -0.1) is 0 Å². The van der Waals surface area contributed by atoms with Gasteiger partial charge >= 0.3 is 0 Å². The van der Waals surface area contributed by atoms with Gasteiger partial charge in [0.25, 0.3) is 0 Å². The van der Waals surface area contributed by atoms with Crippen LogP contribution in [0.2, 0.25) is 0 Å². The van der Waals surface area contributed by atoms with Crippen molar-refractivity contribution >= 4 is 17.3 Å². The van der Waals surface area contributed by atoms with Crippen LogP contribution in [0.25, 0.3) is 0 Å². The van der Waals surface area contributed by atoms with Crippen LogP contribution in [-0.2, 0) is 4.79 Å². The van der Waals surface area contributed by atoms with Crippen LogP contribution in [0.4, 0.5) is 11.4 Å². The van der Waals surface area contributed by atoms with Crippen molar-refractivity contribution in [1.82, 2.24) is 4.90 Å². The molecule has 0 unspecified atom stereocenters. The first kappa shape index (κ1) is 18.3. The van der Waals surface area contributed by atoms with Gasteiger partial charge in [-0.05, 0) is 50.2 Å². The normalized spacial score (nSPS) is 17.8. The van der Waals surface area contributed by atoms with E-state index in [1.165, 1.54) is 11.3 Å². The van der Waals surface area contributed by atoms with Crippen LogP contribution in [0.5, 0.6) is 5.75 Å². The van der Waals surface area contributed by atoms with Gasteiger partial charge in [0.2, 0.25) is 5.91 Å². The van der Waals surface area contributed by atoms with Crippen LogP contribution < -0.4 is 15.0 Å². The van der Waals surface area contributed by atoms with Gasteiger partial charge in [0.1, 0.15) is 5.75 Å². The quantitative estimate of drug-likeness (QED) is 0.897. The third kappa shape index (κ3) is 4.55. The molecule has 5 heteroatoms. The Morgan fingerprint density at radius 1 is 1.12 bits per heavy atom. The summed E-state index contributed by atoms with van der Waals surface area (Å²) in [5.41, 5.74) is 3.32. The first-order chi connectivity index (χ1) is 12.5. The van der Waals surface area contributed by atoms with E-state index >= 15 is 0 Å². The maximum Gasteiger partial charge on any atom is 0.238 e. The second kappa shape index (κ2) is 8.23. The predicted octanol–water partition coefficient (Wildman–Crippen LogP) is 3.15. The summed E-state index contributed by atoms with van der Waals surface area (Å²) in [6.45, 7) is 7.43. The monoisotopic (exact) mass is 353 g/mol. The highest BCUT2D eigenvalue weighted by Gasteiger charge is 2.25. The summed E-state index contributed by atoms with van der Waals surface area (Å²) in [6.07, 6.45) is 0. The second-order valence-corrected chi connectivity index (χ2v) is 6.89. The highest BCUT2D eigenvalue weighted by atomic mass is 16.5. The summed E-state index contributed by atoms with van der Waals surface area (Å²) >= 11 is 0. The highest BCUT2D eigenvalue weighted by molar-refractivity contribution is 5.92. The molecule has 0 aromatic heterocycles. The number of nitrogens with one attached hydrogen (secondary N) is 1. The molecule has 138 valence electrons. The van der Waals surface area contributed by atoms with E-state index in [0.29, 0.717) is 12.6 Å². The lowest BCUT2D eigenvalue weighted by atomic mass is 10.1. The fourth-order valence-electron chi connectivity index (χ4n) is 3.37. The van der Waals surface area contributed by atoms with Crippen molar-refractivity contribution in [2.45, 2.75) is 19.9 Å². The Bertz CT molecular complexity index is 728. The van der Waals surface area contributed by atoms with E-state index in [4.69, 9.17) is 4.74 Å². The molecule has 1 fully saturated rings. The molecule has 1 N–H and O–H groups in total. The van der Waals surface area contributed by atoms with Crippen LogP contribution in [0.3, 0.4) is 0 Å². The van der Waals surface area contributed by atoms with Gasteiger partial charge in [-0.2, -0.15) is 0 Å². The maximum atomic E-state index is 12.3. The molecule has 0 saturated carbocycles. The standard InChI is InChI=1S/C21H27N3O2/c1-16-4-8-19(9-5-16)24-13-12-23(14-17(24)2)15-21(25)22-18-6-10-20(26-3)11-7-18/h4-11,17H,12-15H2,1-3H3,(H,22,25)/t17-/m1/s1. The van der Waals surface area contributed by atoms with Crippen molar-refractivity contribution in [3.8, 4) is 5.75 Å². The number of methoxy groups -OCH3 is 1. The van der Waals surface area contributed by atoms with Crippen LogP contribution in [0.1, 0.15) is 12.5 Å². The molecule has 3 rings (SSSR count). The number of carbonyl (C=O) groups is 1. The van der Waals surface area contributed by atoms with E-state index in [1.54, 1.807) is 7.11 Å². The first-order valence-electron chi connectivity index (χ1n) is 9.05. The number of anilines is 2. The minimum Gasteiger partial charge on any atom is -0.497 e. The molecule has 1 saturated heterocycles. The predicted molar refractivity (Wildman–Crippen MR) is 106 cm³/mol. The molecule has 0 spiro atoms. The van der Waals surface area contributed by atoms with Gasteiger partial charge in [-0.25, -0.2) is 0 Å². The lowest BCUT2D eigenvalue weighted by Gasteiger charge is -2.41.